The zero-order valence-corrected chi connectivity index (χ0v) is 17.2. The first-order valence-electron chi connectivity index (χ1n) is 11.2. The lowest BCUT2D eigenvalue weighted by molar-refractivity contribution is -0.153. The molecule has 0 saturated heterocycles. The van der Waals surface area contributed by atoms with Gasteiger partial charge in [-0.05, 0) is 49.7 Å². The third kappa shape index (κ3) is 4.93. The van der Waals surface area contributed by atoms with Crippen molar-refractivity contribution in [1.82, 2.24) is 0 Å². The maximum absolute atomic E-state index is 13.5. The maximum Gasteiger partial charge on any atom is 0.317 e. The molecule has 2 aliphatic carbocycles. The van der Waals surface area contributed by atoms with Crippen LogP contribution in [0.25, 0.3) is 0 Å². The van der Waals surface area contributed by atoms with Crippen LogP contribution in [0.1, 0.15) is 90.4 Å². The molecule has 2 fully saturated rings. The van der Waals surface area contributed by atoms with Gasteiger partial charge < -0.3 is 4.74 Å². The minimum Gasteiger partial charge on any atom is -0.426 e. The fourth-order valence-electron chi connectivity index (χ4n) is 5.40. The lowest BCUT2D eigenvalue weighted by Gasteiger charge is -2.44. The maximum atomic E-state index is 13.5. The molecule has 28 heavy (non-hydrogen) atoms. The molecule has 0 unspecified atom stereocenters. The van der Waals surface area contributed by atoms with Crippen LogP contribution < -0.4 is 4.74 Å². The quantitative estimate of drug-likeness (QED) is 0.278. The summed E-state index contributed by atoms with van der Waals surface area (Å²) in [5.74, 6) is -0.863. The lowest BCUT2D eigenvalue weighted by Crippen LogP contribution is -2.44. The minimum absolute atomic E-state index is 0.113. The van der Waals surface area contributed by atoms with Crippen LogP contribution in [0.3, 0.4) is 0 Å². The molecule has 0 radical (unpaired) electrons. The van der Waals surface area contributed by atoms with E-state index in [1.807, 2.05) is 0 Å². The molecule has 0 atom stereocenters. The molecule has 4 heteroatoms. The predicted octanol–water partition coefficient (Wildman–Crippen LogP) is 7.21. The van der Waals surface area contributed by atoms with E-state index in [1.165, 1.54) is 44.6 Å². The van der Waals surface area contributed by atoms with E-state index >= 15 is 0 Å². The number of esters is 1. The van der Waals surface area contributed by atoms with Gasteiger partial charge in [0.05, 0.1) is 5.41 Å². The standard InChI is InChI=1S/C24H34F2O2/c1-2-3-5-8-18-9-11-19(12-10-18)24(15-6-4-7-16-24)23(27)28-20-13-14-21(25)22(26)17-20/h13-14,17-19H,2-12,15-16H2,1H3. The molecular weight excluding hydrogens is 358 g/mol. The van der Waals surface area contributed by atoms with Crippen LogP contribution in [0.2, 0.25) is 0 Å². The molecule has 0 spiro atoms. The number of carbonyl (C=O) groups is 1. The highest BCUT2D eigenvalue weighted by molar-refractivity contribution is 5.79. The average molecular weight is 393 g/mol. The smallest absolute Gasteiger partial charge is 0.317 e. The van der Waals surface area contributed by atoms with Crippen molar-refractivity contribution in [2.24, 2.45) is 17.3 Å². The van der Waals surface area contributed by atoms with E-state index < -0.39 is 17.0 Å². The number of rotatable bonds is 7. The predicted molar refractivity (Wildman–Crippen MR) is 107 cm³/mol. The highest BCUT2D eigenvalue weighted by Gasteiger charge is 2.48. The highest BCUT2D eigenvalue weighted by Crippen LogP contribution is 2.50. The number of unbranched alkanes of at least 4 members (excludes halogenated alkanes) is 2. The Labute approximate surface area is 168 Å². The molecule has 1 aromatic carbocycles. The second-order valence-corrected chi connectivity index (χ2v) is 8.90. The summed E-state index contributed by atoms with van der Waals surface area (Å²) in [6, 6.07) is 3.35. The van der Waals surface area contributed by atoms with E-state index in [4.69, 9.17) is 4.74 Å². The van der Waals surface area contributed by atoms with Crippen LogP contribution in [0.5, 0.6) is 5.75 Å². The Balaban J connectivity index is 1.66. The van der Waals surface area contributed by atoms with Gasteiger partial charge in [0.1, 0.15) is 5.75 Å². The van der Waals surface area contributed by atoms with E-state index in [0.29, 0.717) is 5.92 Å². The van der Waals surface area contributed by atoms with Crippen molar-refractivity contribution in [3.05, 3.63) is 29.8 Å². The Kier molecular flexibility index (Phi) is 7.48. The molecule has 2 aliphatic rings. The van der Waals surface area contributed by atoms with Gasteiger partial charge in [-0.25, -0.2) is 8.78 Å². The normalized spacial score (nSPS) is 24.7. The first kappa shape index (κ1) is 21.3. The van der Waals surface area contributed by atoms with Gasteiger partial charge in [0.25, 0.3) is 0 Å². The summed E-state index contributed by atoms with van der Waals surface area (Å²) in [5.41, 5.74) is -0.447. The van der Waals surface area contributed by atoms with Crippen molar-refractivity contribution < 1.29 is 18.3 Å². The van der Waals surface area contributed by atoms with Gasteiger partial charge in [-0.15, -0.1) is 0 Å². The van der Waals surface area contributed by atoms with E-state index in [-0.39, 0.29) is 11.7 Å². The first-order valence-corrected chi connectivity index (χ1v) is 11.2. The zero-order valence-electron chi connectivity index (χ0n) is 17.2. The molecule has 0 N–H and O–H groups in total. The molecule has 0 heterocycles. The van der Waals surface area contributed by atoms with Gasteiger partial charge in [-0.3, -0.25) is 4.79 Å². The molecule has 0 aliphatic heterocycles. The van der Waals surface area contributed by atoms with E-state index in [1.54, 1.807) is 0 Å². The Morgan fingerprint density at radius 3 is 2.39 bits per heavy atom. The molecule has 0 aromatic heterocycles. The summed E-state index contributed by atoms with van der Waals surface area (Å²) in [6.45, 7) is 2.24. The summed E-state index contributed by atoms with van der Waals surface area (Å²) >= 11 is 0. The monoisotopic (exact) mass is 392 g/mol. The molecular formula is C24H34F2O2. The van der Waals surface area contributed by atoms with Crippen LogP contribution in [0.4, 0.5) is 8.78 Å². The second-order valence-electron chi connectivity index (χ2n) is 8.90. The topological polar surface area (TPSA) is 26.3 Å². The fourth-order valence-corrected chi connectivity index (χ4v) is 5.40. The van der Waals surface area contributed by atoms with E-state index in [0.717, 1.165) is 63.0 Å². The molecule has 3 rings (SSSR count). The Bertz CT molecular complexity index is 644. The van der Waals surface area contributed by atoms with Crippen molar-refractivity contribution in [2.45, 2.75) is 90.4 Å². The van der Waals surface area contributed by atoms with E-state index in [9.17, 15) is 13.6 Å². The fraction of sp³-hybridized carbons (Fsp3) is 0.708. The van der Waals surface area contributed by atoms with Gasteiger partial charge in [-0.1, -0.05) is 64.7 Å². The summed E-state index contributed by atoms with van der Waals surface area (Å²) in [6.07, 6.45) is 14.7. The highest BCUT2D eigenvalue weighted by atomic mass is 19.2. The molecule has 0 bridgehead atoms. The summed E-state index contributed by atoms with van der Waals surface area (Å²) in [4.78, 5) is 13.2. The van der Waals surface area contributed by atoms with Gasteiger partial charge in [-0.2, -0.15) is 0 Å². The molecule has 2 saturated carbocycles. The number of ether oxygens (including phenoxy) is 1. The summed E-state index contributed by atoms with van der Waals surface area (Å²) in [5, 5.41) is 0. The molecule has 156 valence electrons. The van der Waals surface area contributed by atoms with Crippen LogP contribution in [0, 0.1) is 28.9 Å². The summed E-state index contributed by atoms with van der Waals surface area (Å²) < 4.78 is 32.3. The van der Waals surface area contributed by atoms with Gasteiger partial charge in [0.15, 0.2) is 11.6 Å². The van der Waals surface area contributed by atoms with Crippen molar-refractivity contribution >= 4 is 5.97 Å². The lowest BCUT2D eigenvalue weighted by atomic mass is 9.60. The zero-order chi connectivity index (χ0) is 20.0. The third-order valence-corrected chi connectivity index (χ3v) is 7.10. The number of carbonyl (C=O) groups excluding carboxylic acids is 1. The van der Waals surface area contributed by atoms with Crippen molar-refractivity contribution in [1.29, 1.82) is 0 Å². The number of hydrogen-bond acceptors (Lipinski definition) is 2. The van der Waals surface area contributed by atoms with Crippen LogP contribution in [0.15, 0.2) is 18.2 Å². The van der Waals surface area contributed by atoms with Crippen LogP contribution in [-0.2, 0) is 4.79 Å². The Morgan fingerprint density at radius 2 is 1.75 bits per heavy atom. The third-order valence-electron chi connectivity index (χ3n) is 7.10. The number of halogens is 2. The Morgan fingerprint density at radius 1 is 1.04 bits per heavy atom. The average Bonchev–Trinajstić information content (AvgIpc) is 2.72. The summed E-state index contributed by atoms with van der Waals surface area (Å²) in [7, 11) is 0. The van der Waals surface area contributed by atoms with Crippen molar-refractivity contribution in [3.8, 4) is 5.75 Å². The van der Waals surface area contributed by atoms with Crippen LogP contribution >= 0.6 is 0 Å². The first-order chi connectivity index (χ1) is 13.5. The van der Waals surface area contributed by atoms with Crippen molar-refractivity contribution in [2.75, 3.05) is 0 Å². The SMILES string of the molecule is CCCCCC1CCC(C2(C(=O)Oc3ccc(F)c(F)c3)CCCCC2)CC1. The second kappa shape index (κ2) is 9.84. The Hall–Kier alpha value is -1.45. The van der Waals surface area contributed by atoms with Gasteiger partial charge >= 0.3 is 5.97 Å². The molecule has 0 amide bonds. The minimum atomic E-state index is -0.976. The van der Waals surface area contributed by atoms with E-state index in [2.05, 4.69) is 6.92 Å². The molecule has 2 nitrogen and oxygen atoms in total. The number of hydrogen-bond donors (Lipinski definition) is 0. The van der Waals surface area contributed by atoms with Gasteiger partial charge in [0, 0.05) is 6.07 Å². The molecule has 1 aromatic rings. The van der Waals surface area contributed by atoms with Gasteiger partial charge in [0.2, 0.25) is 0 Å². The van der Waals surface area contributed by atoms with Crippen molar-refractivity contribution in [3.63, 3.8) is 0 Å². The number of benzene rings is 1. The largest absolute Gasteiger partial charge is 0.426 e. The van der Waals surface area contributed by atoms with Crippen LogP contribution in [-0.4, -0.2) is 5.97 Å².